The first-order valence-corrected chi connectivity index (χ1v) is 6.95. The van der Waals surface area contributed by atoms with Crippen LogP contribution in [0, 0.1) is 17.8 Å². The van der Waals surface area contributed by atoms with Gasteiger partial charge >= 0.3 is 0 Å². The summed E-state index contributed by atoms with van der Waals surface area (Å²) in [5, 5.41) is 38.8. The van der Waals surface area contributed by atoms with Gasteiger partial charge in [0.15, 0.2) is 0 Å². The van der Waals surface area contributed by atoms with Crippen molar-refractivity contribution in [3.05, 3.63) is 0 Å². The summed E-state index contributed by atoms with van der Waals surface area (Å²) < 4.78 is 10.9. The van der Waals surface area contributed by atoms with E-state index in [0.717, 1.165) is 0 Å². The van der Waals surface area contributed by atoms with Crippen LogP contribution >= 0.6 is 0 Å². The number of hydrogen-bond acceptors (Lipinski definition) is 7. The second-order valence-corrected chi connectivity index (χ2v) is 4.96. The van der Waals surface area contributed by atoms with Gasteiger partial charge in [0.05, 0.1) is 52.9 Å². The second kappa shape index (κ2) is 13.7. The van der Waals surface area contributed by atoms with E-state index in [1.54, 1.807) is 0 Å². The maximum atomic E-state index is 8.93. The minimum absolute atomic E-state index is 0.0988. The molecule has 0 amide bonds. The van der Waals surface area contributed by atoms with E-state index in [0.29, 0.717) is 33.0 Å². The molecular weight excluding hydrogens is 266 g/mol. The highest BCUT2D eigenvalue weighted by Gasteiger charge is 2.13. The van der Waals surface area contributed by atoms with Gasteiger partial charge in [-0.05, 0) is 7.05 Å². The maximum Gasteiger partial charge on any atom is 0.0538 e. The van der Waals surface area contributed by atoms with Crippen molar-refractivity contribution in [2.45, 2.75) is 0 Å². The molecule has 20 heavy (non-hydrogen) atoms. The lowest BCUT2D eigenvalue weighted by Crippen LogP contribution is -2.30. The molecule has 0 bridgehead atoms. The van der Waals surface area contributed by atoms with Gasteiger partial charge in [-0.1, -0.05) is 0 Å². The fraction of sp³-hybridized carbons (Fsp3) is 1.00. The van der Waals surface area contributed by atoms with Crippen molar-refractivity contribution < 1.29 is 29.9 Å². The fourth-order valence-electron chi connectivity index (χ4n) is 1.58. The fourth-order valence-corrected chi connectivity index (χ4v) is 1.58. The largest absolute Gasteiger partial charge is 0.396 e. The van der Waals surface area contributed by atoms with Crippen LogP contribution in [0.3, 0.4) is 0 Å². The van der Waals surface area contributed by atoms with Crippen LogP contribution in [0.4, 0.5) is 0 Å². The molecule has 0 unspecified atom stereocenters. The lowest BCUT2D eigenvalue weighted by Gasteiger charge is -2.20. The number of rotatable bonds is 14. The third kappa shape index (κ3) is 9.60. The average molecular weight is 295 g/mol. The standard InChI is InChI=1S/C13H29NO6/c1-14-2-11(7-19-9-12(3-15)4-16)8-20-10-13(5-17)6-18/h11-18H,2-10H2,1H3. The van der Waals surface area contributed by atoms with Crippen LogP contribution in [0.1, 0.15) is 0 Å². The molecule has 0 aliphatic carbocycles. The molecular formula is C13H29NO6. The van der Waals surface area contributed by atoms with Crippen LogP contribution in [-0.4, -0.2) is 86.9 Å². The number of nitrogens with one attached hydrogen (secondary N) is 1. The van der Waals surface area contributed by atoms with Crippen molar-refractivity contribution in [3.63, 3.8) is 0 Å². The zero-order valence-corrected chi connectivity index (χ0v) is 12.2. The van der Waals surface area contributed by atoms with Gasteiger partial charge in [-0.25, -0.2) is 0 Å². The quantitative estimate of drug-likeness (QED) is 0.253. The number of aliphatic hydroxyl groups excluding tert-OH is 4. The second-order valence-electron chi connectivity index (χ2n) is 4.96. The van der Waals surface area contributed by atoms with Gasteiger partial charge in [-0.15, -0.1) is 0 Å². The predicted octanol–water partition coefficient (Wildman–Crippen LogP) is -1.94. The molecule has 0 aromatic rings. The van der Waals surface area contributed by atoms with E-state index < -0.39 is 0 Å². The van der Waals surface area contributed by atoms with Gasteiger partial charge in [-0.2, -0.15) is 0 Å². The zero-order chi connectivity index (χ0) is 15.2. The molecule has 0 saturated heterocycles. The lowest BCUT2D eigenvalue weighted by molar-refractivity contribution is -0.00833. The molecule has 0 aromatic carbocycles. The Morgan fingerprint density at radius 3 is 1.35 bits per heavy atom. The number of aliphatic hydroxyl groups is 4. The molecule has 0 fully saturated rings. The monoisotopic (exact) mass is 295 g/mol. The Balaban J connectivity index is 3.85. The van der Waals surface area contributed by atoms with Crippen molar-refractivity contribution in [1.82, 2.24) is 5.32 Å². The molecule has 0 heterocycles. The van der Waals surface area contributed by atoms with E-state index in [-0.39, 0.29) is 44.2 Å². The highest BCUT2D eigenvalue weighted by atomic mass is 16.5. The topological polar surface area (TPSA) is 111 Å². The van der Waals surface area contributed by atoms with E-state index >= 15 is 0 Å². The summed E-state index contributed by atoms with van der Waals surface area (Å²) in [6.45, 7) is 1.85. The minimum Gasteiger partial charge on any atom is -0.396 e. The molecule has 0 saturated carbocycles. The molecule has 0 rings (SSSR count). The predicted molar refractivity (Wildman–Crippen MR) is 74.4 cm³/mol. The van der Waals surface area contributed by atoms with Crippen molar-refractivity contribution in [2.75, 3.05) is 66.4 Å². The summed E-state index contributed by atoms with van der Waals surface area (Å²) in [4.78, 5) is 0. The zero-order valence-electron chi connectivity index (χ0n) is 12.2. The highest BCUT2D eigenvalue weighted by Crippen LogP contribution is 2.03. The van der Waals surface area contributed by atoms with E-state index in [4.69, 9.17) is 29.9 Å². The third-order valence-electron chi connectivity index (χ3n) is 2.94. The summed E-state index contributed by atoms with van der Waals surface area (Å²) in [5.74, 6) is -0.366. The molecule has 0 spiro atoms. The van der Waals surface area contributed by atoms with Crippen molar-refractivity contribution >= 4 is 0 Å². The molecule has 0 radical (unpaired) electrons. The van der Waals surface area contributed by atoms with Crippen LogP contribution in [0.2, 0.25) is 0 Å². The van der Waals surface area contributed by atoms with Crippen LogP contribution < -0.4 is 5.32 Å². The summed E-state index contributed by atoms with van der Waals surface area (Å²) in [6, 6.07) is 0. The van der Waals surface area contributed by atoms with E-state index in [1.807, 2.05) is 7.05 Å². The van der Waals surface area contributed by atoms with Crippen LogP contribution in [0.15, 0.2) is 0 Å². The first-order valence-electron chi connectivity index (χ1n) is 6.95. The SMILES string of the molecule is CNCC(COCC(CO)CO)COCC(CO)CO. The summed E-state index contributed by atoms with van der Waals surface area (Å²) in [5.41, 5.74) is 0. The smallest absolute Gasteiger partial charge is 0.0538 e. The van der Waals surface area contributed by atoms with E-state index in [2.05, 4.69) is 5.32 Å². The van der Waals surface area contributed by atoms with Crippen molar-refractivity contribution in [3.8, 4) is 0 Å². The van der Waals surface area contributed by atoms with E-state index in [1.165, 1.54) is 0 Å². The Morgan fingerprint density at radius 1 is 0.700 bits per heavy atom. The Kier molecular flexibility index (Phi) is 13.5. The Hall–Kier alpha value is -0.280. The summed E-state index contributed by atoms with van der Waals surface area (Å²) in [6.07, 6.45) is 0. The van der Waals surface area contributed by atoms with Gasteiger partial charge in [0.25, 0.3) is 0 Å². The average Bonchev–Trinajstić information content (AvgIpc) is 2.48. The van der Waals surface area contributed by atoms with Crippen molar-refractivity contribution in [2.24, 2.45) is 17.8 Å². The summed E-state index contributed by atoms with van der Waals surface area (Å²) >= 11 is 0. The normalized spacial score (nSPS) is 12.0. The first-order chi connectivity index (χ1) is 9.71. The Morgan fingerprint density at radius 2 is 1.05 bits per heavy atom. The number of hydrogen-bond donors (Lipinski definition) is 5. The summed E-state index contributed by atoms with van der Waals surface area (Å²) in [7, 11) is 1.83. The van der Waals surface area contributed by atoms with Gasteiger partial charge in [0, 0.05) is 24.3 Å². The maximum absolute atomic E-state index is 8.93. The molecule has 5 N–H and O–H groups in total. The van der Waals surface area contributed by atoms with Gasteiger partial charge < -0.3 is 35.2 Å². The third-order valence-corrected chi connectivity index (χ3v) is 2.94. The number of ether oxygens (including phenoxy) is 2. The Labute approximate surface area is 120 Å². The van der Waals surface area contributed by atoms with E-state index in [9.17, 15) is 0 Å². The molecule has 0 aliphatic heterocycles. The van der Waals surface area contributed by atoms with Gasteiger partial charge in [0.2, 0.25) is 0 Å². The molecule has 122 valence electrons. The van der Waals surface area contributed by atoms with Crippen LogP contribution in [0.5, 0.6) is 0 Å². The minimum atomic E-state index is -0.251. The van der Waals surface area contributed by atoms with Crippen molar-refractivity contribution in [1.29, 1.82) is 0 Å². The lowest BCUT2D eigenvalue weighted by atomic mass is 10.1. The van der Waals surface area contributed by atoms with Gasteiger partial charge in [0.1, 0.15) is 0 Å². The molecule has 7 heteroatoms. The molecule has 7 nitrogen and oxygen atoms in total. The first kappa shape index (κ1) is 19.7. The molecule has 0 aromatic heterocycles. The van der Waals surface area contributed by atoms with Crippen LogP contribution in [0.25, 0.3) is 0 Å². The molecule has 0 aliphatic rings. The Bertz CT molecular complexity index is 181. The molecule has 0 atom stereocenters. The highest BCUT2D eigenvalue weighted by molar-refractivity contribution is 4.62. The van der Waals surface area contributed by atoms with Gasteiger partial charge in [-0.3, -0.25) is 0 Å². The van der Waals surface area contributed by atoms with Crippen LogP contribution in [-0.2, 0) is 9.47 Å².